The first-order valence-corrected chi connectivity index (χ1v) is 23.3. The maximum Gasteiger partial charge on any atom is 0.347 e. The van der Waals surface area contributed by atoms with Crippen molar-refractivity contribution < 1.29 is 32.9 Å². The van der Waals surface area contributed by atoms with Gasteiger partial charge in [0.15, 0.2) is 5.82 Å². The van der Waals surface area contributed by atoms with Gasteiger partial charge in [-0.25, -0.2) is 29.1 Å². The highest BCUT2D eigenvalue weighted by Crippen LogP contribution is 2.50. The Kier molecular flexibility index (Phi) is 13.7. The normalized spacial score (nSPS) is 16.9. The van der Waals surface area contributed by atoms with Gasteiger partial charge in [-0.1, -0.05) is 54.1 Å². The zero-order valence-electron chi connectivity index (χ0n) is 37.3. The fourth-order valence-electron chi connectivity index (χ4n) is 8.51. The number of thiophene rings is 1. The van der Waals surface area contributed by atoms with Crippen LogP contribution in [0.5, 0.6) is 23.1 Å². The monoisotopic (exact) mass is 928 g/mol. The minimum atomic E-state index is -1.14. The van der Waals surface area contributed by atoms with Gasteiger partial charge in [0.25, 0.3) is 0 Å². The smallest absolute Gasteiger partial charge is 0.347 e. The van der Waals surface area contributed by atoms with Crippen molar-refractivity contribution in [3.05, 3.63) is 131 Å². The number of likely N-dealkylation sites (N-methyl/N-ethyl adjacent to an activating group) is 1. The average molecular weight is 930 g/mol. The number of methoxy groups -OCH3 is 1. The molecule has 0 N–H and O–H groups in total. The van der Waals surface area contributed by atoms with Crippen LogP contribution in [0.15, 0.2) is 97.5 Å². The number of hydrogen-bond donors (Lipinski definition) is 0. The minimum absolute atomic E-state index is 0.0917. The van der Waals surface area contributed by atoms with E-state index in [1.54, 1.807) is 32.4 Å². The fraction of sp³-hybridized carbons (Fsp3) is 0.314. The number of halogens is 2. The van der Waals surface area contributed by atoms with E-state index in [2.05, 4.69) is 38.9 Å². The van der Waals surface area contributed by atoms with Gasteiger partial charge in [0.2, 0.25) is 12.0 Å². The maximum absolute atomic E-state index is 14.4. The molecule has 12 nitrogen and oxygen atoms in total. The summed E-state index contributed by atoms with van der Waals surface area (Å²) in [7, 11) is 3.77. The topological polar surface area (TPSA) is 121 Å². The Balaban J connectivity index is 1.15. The first-order chi connectivity index (χ1) is 32.1. The van der Waals surface area contributed by atoms with Crippen LogP contribution in [0.4, 0.5) is 4.39 Å². The molecule has 4 aromatic carbocycles. The Labute approximate surface area is 392 Å². The Morgan fingerprint density at radius 1 is 0.939 bits per heavy atom. The van der Waals surface area contributed by atoms with Gasteiger partial charge in [-0.15, -0.1) is 11.3 Å². The lowest BCUT2D eigenvalue weighted by Crippen LogP contribution is -2.48. The van der Waals surface area contributed by atoms with Crippen molar-refractivity contribution in [3.63, 3.8) is 0 Å². The zero-order valence-corrected chi connectivity index (χ0v) is 38.8. The van der Waals surface area contributed by atoms with Crippen molar-refractivity contribution in [3.8, 4) is 56.1 Å². The molecule has 0 unspecified atom stereocenters. The molecule has 3 aliphatic rings. The van der Waals surface area contributed by atoms with E-state index in [1.807, 2.05) is 55.5 Å². The second kappa shape index (κ2) is 20.1. The van der Waals surface area contributed by atoms with Gasteiger partial charge in [-0.05, 0) is 104 Å². The number of hydrogen-bond acceptors (Lipinski definition) is 13. The van der Waals surface area contributed by atoms with Gasteiger partial charge in [0.05, 0.1) is 35.4 Å². The number of piperazine rings is 1. The summed E-state index contributed by atoms with van der Waals surface area (Å²) in [6.07, 6.45) is 3.23. The van der Waals surface area contributed by atoms with Crippen LogP contribution in [-0.4, -0.2) is 101 Å². The van der Waals surface area contributed by atoms with Gasteiger partial charge >= 0.3 is 5.97 Å². The largest absolute Gasteiger partial charge is 0.496 e. The van der Waals surface area contributed by atoms with E-state index in [0.717, 1.165) is 76.5 Å². The quantitative estimate of drug-likeness (QED) is 0.122. The molecule has 2 atom stereocenters. The summed E-state index contributed by atoms with van der Waals surface area (Å²) in [4.78, 5) is 39.0. The molecular formula is C51H50ClFN6O6S. The molecular weight excluding hydrogens is 879 g/mol. The van der Waals surface area contributed by atoms with Crippen molar-refractivity contribution in [2.45, 2.75) is 51.9 Å². The molecule has 0 radical (unpaired) electrons. The first kappa shape index (κ1) is 45.0. The van der Waals surface area contributed by atoms with E-state index in [0.29, 0.717) is 56.8 Å². The number of para-hydroxylation sites is 1. The van der Waals surface area contributed by atoms with E-state index < -0.39 is 12.1 Å². The van der Waals surface area contributed by atoms with Crippen molar-refractivity contribution >= 4 is 39.1 Å². The van der Waals surface area contributed by atoms with E-state index >= 15 is 0 Å². The van der Waals surface area contributed by atoms with Crippen LogP contribution in [0.1, 0.15) is 35.7 Å². The number of carbonyl (C=O) groups excluding carboxylic acids is 1. The average Bonchev–Trinajstić information content (AvgIpc) is 3.72. The number of nitrogens with zero attached hydrogens (tertiary/aromatic N) is 6. The number of rotatable bonds is 10. The second-order valence-corrected chi connectivity index (χ2v) is 17.8. The number of fused-ring (bicyclic) bond motifs is 7. The number of benzene rings is 4. The van der Waals surface area contributed by atoms with E-state index in [1.165, 1.54) is 29.8 Å². The summed E-state index contributed by atoms with van der Waals surface area (Å²) in [6.45, 7) is 8.52. The Morgan fingerprint density at radius 3 is 2.56 bits per heavy atom. The molecule has 0 saturated carbocycles. The summed E-state index contributed by atoms with van der Waals surface area (Å²) in [5, 5.41) is 1.07. The van der Waals surface area contributed by atoms with Crippen molar-refractivity contribution in [2.75, 3.05) is 53.5 Å². The predicted octanol–water partition coefficient (Wildman–Crippen LogP) is 9.67. The molecule has 0 spiro atoms. The van der Waals surface area contributed by atoms with Gasteiger partial charge in [0.1, 0.15) is 46.9 Å². The van der Waals surface area contributed by atoms with Crippen LogP contribution in [0, 0.1) is 12.7 Å². The zero-order chi connectivity index (χ0) is 45.7. The highest BCUT2D eigenvalue weighted by atomic mass is 35.5. The fourth-order valence-corrected chi connectivity index (χ4v) is 9.87. The van der Waals surface area contributed by atoms with Gasteiger partial charge in [-0.3, -0.25) is 4.90 Å². The van der Waals surface area contributed by atoms with Gasteiger partial charge in [-0.2, -0.15) is 0 Å². The Morgan fingerprint density at radius 2 is 1.76 bits per heavy atom. The SMILES string of the molecule is CCOC(=O)[C@H]1Cc2cc(ccc2OCc2ccnc(-c3ccccc3OC)n2)CC[C@@H](CN2CCN(C)CC2)Oc2ccc(c(C)c2Cl)-c2c(-c3ccc(F)cc3)sc3ncnc(c23)O1. The van der Waals surface area contributed by atoms with Crippen LogP contribution >= 0.6 is 22.9 Å². The number of esters is 1. The third-order valence-corrected chi connectivity index (χ3v) is 13.7. The van der Waals surface area contributed by atoms with E-state index in [-0.39, 0.29) is 37.4 Å². The maximum atomic E-state index is 14.4. The molecule has 0 amide bonds. The molecule has 340 valence electrons. The molecule has 1 saturated heterocycles. The molecule has 3 aromatic heterocycles. The lowest BCUT2D eigenvalue weighted by atomic mass is 9.96. The van der Waals surface area contributed by atoms with Crippen molar-refractivity contribution in [2.24, 2.45) is 0 Å². The highest BCUT2D eigenvalue weighted by molar-refractivity contribution is 7.22. The third kappa shape index (κ3) is 9.82. The van der Waals surface area contributed by atoms with E-state index in [9.17, 15) is 9.18 Å². The lowest BCUT2D eigenvalue weighted by molar-refractivity contribution is -0.151. The van der Waals surface area contributed by atoms with Crippen LogP contribution in [-0.2, 0) is 29.0 Å². The Bertz CT molecular complexity index is 2860. The molecule has 4 bridgehead atoms. The molecule has 3 aliphatic heterocycles. The molecule has 1 fully saturated rings. The summed E-state index contributed by atoms with van der Waals surface area (Å²) in [5.41, 5.74) is 6.27. The molecule has 15 heteroatoms. The van der Waals surface area contributed by atoms with Crippen LogP contribution in [0.2, 0.25) is 5.02 Å². The number of aryl methyl sites for hydroxylation is 1. The predicted molar refractivity (Wildman–Crippen MR) is 254 cm³/mol. The first-order valence-electron chi connectivity index (χ1n) is 22.1. The molecule has 66 heavy (non-hydrogen) atoms. The van der Waals surface area contributed by atoms with Crippen LogP contribution in [0.25, 0.3) is 43.2 Å². The summed E-state index contributed by atoms with van der Waals surface area (Å²) >= 11 is 8.74. The summed E-state index contributed by atoms with van der Waals surface area (Å²) in [6, 6.07) is 25.7. The van der Waals surface area contributed by atoms with Gasteiger partial charge in [0, 0.05) is 55.8 Å². The summed E-state index contributed by atoms with van der Waals surface area (Å²) < 4.78 is 45.9. The number of carbonyl (C=O) groups is 1. The van der Waals surface area contributed by atoms with Crippen molar-refractivity contribution in [1.29, 1.82) is 0 Å². The van der Waals surface area contributed by atoms with Crippen LogP contribution in [0.3, 0.4) is 0 Å². The second-order valence-electron chi connectivity index (χ2n) is 16.5. The minimum Gasteiger partial charge on any atom is -0.496 e. The summed E-state index contributed by atoms with van der Waals surface area (Å²) in [5.74, 6) is 1.59. The molecule has 0 aliphatic carbocycles. The number of ether oxygens (including phenoxy) is 5. The van der Waals surface area contributed by atoms with Gasteiger partial charge < -0.3 is 28.6 Å². The molecule has 10 rings (SSSR count). The molecule has 6 heterocycles. The Hall–Kier alpha value is -6.19. The van der Waals surface area contributed by atoms with Crippen LogP contribution < -0.4 is 18.9 Å². The standard InChI is InChI=1S/C51H50ClFN6O6S/c1-5-62-51(60)43-27-34-26-32(11-18-40(34)63-29-36-20-21-54-48(57-36)39-8-6-7-9-41(39)61-4)10-16-37(28-59-24-22-58(3)23-25-59)64-42-19-17-38(31(2)46(42)52)44-45-49(65-43)55-30-56-50(45)66-47(44)33-12-14-35(53)15-13-33/h6-9,11-15,17-21,26,30,37,43H,5,10,16,22-25,27-29H2,1-4H3/t37-,43+/m0/s1. The van der Waals surface area contributed by atoms with E-state index in [4.69, 9.17) is 45.3 Å². The number of aromatic nitrogens is 4. The third-order valence-electron chi connectivity index (χ3n) is 12.1. The molecule has 7 aromatic rings. The van der Waals surface area contributed by atoms with Crippen molar-refractivity contribution in [1.82, 2.24) is 29.7 Å². The highest BCUT2D eigenvalue weighted by Gasteiger charge is 2.30. The lowest BCUT2D eigenvalue weighted by Gasteiger charge is -2.35.